The van der Waals surface area contributed by atoms with Gasteiger partial charge < -0.3 is 11.1 Å². The molecule has 2 aromatic heterocycles. The fourth-order valence-corrected chi connectivity index (χ4v) is 2.33. The monoisotopic (exact) mass is 292 g/mol. The van der Waals surface area contributed by atoms with Gasteiger partial charge in [0.15, 0.2) is 0 Å². The van der Waals surface area contributed by atoms with Crippen LogP contribution in [0.5, 0.6) is 0 Å². The minimum Gasteiger partial charge on any atom is -0.398 e. The number of benzene rings is 1. The number of aryl methyl sites for hydroxylation is 1. The summed E-state index contributed by atoms with van der Waals surface area (Å²) in [5.41, 5.74) is 9.13. The van der Waals surface area contributed by atoms with Crippen molar-refractivity contribution in [3.63, 3.8) is 0 Å². The minimum atomic E-state index is -0.217. The van der Waals surface area contributed by atoms with Crippen molar-refractivity contribution in [1.29, 1.82) is 0 Å². The highest BCUT2D eigenvalue weighted by atomic mass is 16.1. The number of amides is 1. The normalized spacial score (nSPS) is 10.6. The third kappa shape index (κ3) is 2.61. The summed E-state index contributed by atoms with van der Waals surface area (Å²) in [5.74, 6) is -0.217. The Hall–Kier alpha value is -2.95. The first-order valence-corrected chi connectivity index (χ1v) is 6.97. The van der Waals surface area contributed by atoms with Crippen molar-refractivity contribution in [3.8, 4) is 0 Å². The molecule has 3 rings (SSSR count). The summed E-state index contributed by atoms with van der Waals surface area (Å²) < 4.78 is 0. The van der Waals surface area contributed by atoms with Crippen LogP contribution >= 0.6 is 0 Å². The van der Waals surface area contributed by atoms with Crippen LogP contribution in [0.2, 0.25) is 0 Å². The molecule has 0 fully saturated rings. The standard InChI is InChI=1S/C17H16N4O/c1-11-2-3-14-13(15(11)18)6-9-20-16(14)17(22)21-10-12-4-7-19-8-5-12/h2-9H,10,18H2,1H3,(H,21,22). The molecule has 0 unspecified atom stereocenters. The van der Waals surface area contributed by atoms with Crippen LogP contribution in [0.15, 0.2) is 48.9 Å². The van der Waals surface area contributed by atoms with Crippen molar-refractivity contribution in [2.24, 2.45) is 0 Å². The number of nitrogens with one attached hydrogen (secondary N) is 1. The quantitative estimate of drug-likeness (QED) is 0.727. The summed E-state index contributed by atoms with van der Waals surface area (Å²) in [6.45, 7) is 2.37. The summed E-state index contributed by atoms with van der Waals surface area (Å²) in [4.78, 5) is 20.6. The smallest absolute Gasteiger partial charge is 0.270 e. The van der Waals surface area contributed by atoms with Crippen LogP contribution in [0.3, 0.4) is 0 Å². The molecule has 0 aliphatic heterocycles. The van der Waals surface area contributed by atoms with Crippen molar-refractivity contribution in [2.45, 2.75) is 13.5 Å². The van der Waals surface area contributed by atoms with Gasteiger partial charge in [-0.1, -0.05) is 12.1 Å². The number of carbonyl (C=O) groups excluding carboxylic acids is 1. The van der Waals surface area contributed by atoms with E-state index in [1.54, 1.807) is 18.6 Å². The lowest BCUT2D eigenvalue weighted by molar-refractivity contribution is 0.0948. The van der Waals surface area contributed by atoms with Crippen LogP contribution in [-0.2, 0) is 6.54 Å². The molecular formula is C17H16N4O. The lowest BCUT2D eigenvalue weighted by Crippen LogP contribution is -2.24. The van der Waals surface area contributed by atoms with Gasteiger partial charge in [0.2, 0.25) is 0 Å². The van der Waals surface area contributed by atoms with E-state index in [1.807, 2.05) is 37.3 Å². The van der Waals surface area contributed by atoms with Gasteiger partial charge in [-0.3, -0.25) is 14.8 Å². The summed E-state index contributed by atoms with van der Waals surface area (Å²) in [5, 5.41) is 4.48. The van der Waals surface area contributed by atoms with E-state index in [0.717, 1.165) is 21.9 Å². The van der Waals surface area contributed by atoms with E-state index >= 15 is 0 Å². The Morgan fingerprint density at radius 2 is 1.86 bits per heavy atom. The van der Waals surface area contributed by atoms with Crippen molar-refractivity contribution in [1.82, 2.24) is 15.3 Å². The number of fused-ring (bicyclic) bond motifs is 1. The number of carbonyl (C=O) groups is 1. The van der Waals surface area contributed by atoms with Crippen LogP contribution in [0.4, 0.5) is 5.69 Å². The van der Waals surface area contributed by atoms with Gasteiger partial charge in [-0.2, -0.15) is 0 Å². The maximum Gasteiger partial charge on any atom is 0.270 e. The first kappa shape index (κ1) is 14.0. The molecule has 1 amide bonds. The van der Waals surface area contributed by atoms with E-state index in [2.05, 4.69) is 15.3 Å². The summed E-state index contributed by atoms with van der Waals surface area (Å²) in [6.07, 6.45) is 5.00. The van der Waals surface area contributed by atoms with E-state index in [1.165, 1.54) is 0 Å². The average molecular weight is 292 g/mol. The Bertz CT molecular complexity index is 831. The second kappa shape index (κ2) is 5.81. The number of nitrogens with two attached hydrogens (primary N) is 1. The molecule has 3 aromatic rings. The van der Waals surface area contributed by atoms with Gasteiger partial charge in [-0.15, -0.1) is 0 Å². The van der Waals surface area contributed by atoms with Crippen LogP contribution < -0.4 is 11.1 Å². The minimum absolute atomic E-state index is 0.217. The number of rotatable bonds is 3. The lowest BCUT2D eigenvalue weighted by atomic mass is 10.0. The van der Waals surface area contributed by atoms with E-state index in [-0.39, 0.29) is 5.91 Å². The molecule has 0 atom stereocenters. The van der Waals surface area contributed by atoms with Gasteiger partial charge >= 0.3 is 0 Å². The van der Waals surface area contributed by atoms with Crippen molar-refractivity contribution in [2.75, 3.05) is 5.73 Å². The number of pyridine rings is 2. The maximum absolute atomic E-state index is 12.4. The molecular weight excluding hydrogens is 276 g/mol. The highest BCUT2D eigenvalue weighted by Crippen LogP contribution is 2.25. The van der Waals surface area contributed by atoms with Crippen LogP contribution in [0, 0.1) is 6.92 Å². The number of hydrogen-bond acceptors (Lipinski definition) is 4. The van der Waals surface area contributed by atoms with Gasteiger partial charge in [0.1, 0.15) is 5.69 Å². The van der Waals surface area contributed by atoms with Crippen LogP contribution in [0.1, 0.15) is 21.6 Å². The Kier molecular flexibility index (Phi) is 3.70. The number of nitrogen functional groups attached to an aromatic ring is 1. The number of anilines is 1. The Labute approximate surface area is 128 Å². The molecule has 0 bridgehead atoms. The molecule has 5 nitrogen and oxygen atoms in total. The highest BCUT2D eigenvalue weighted by Gasteiger charge is 2.13. The predicted molar refractivity (Wildman–Crippen MR) is 86.3 cm³/mol. The van der Waals surface area contributed by atoms with Crippen LogP contribution in [-0.4, -0.2) is 15.9 Å². The number of nitrogens with zero attached hydrogens (tertiary/aromatic N) is 2. The van der Waals surface area contributed by atoms with Gasteiger partial charge in [0.05, 0.1) is 0 Å². The van der Waals surface area contributed by atoms with Gasteiger partial charge in [-0.05, 0) is 36.2 Å². The topological polar surface area (TPSA) is 80.9 Å². The largest absolute Gasteiger partial charge is 0.398 e. The molecule has 0 saturated carbocycles. The van der Waals surface area contributed by atoms with E-state index in [0.29, 0.717) is 17.9 Å². The lowest BCUT2D eigenvalue weighted by Gasteiger charge is -2.10. The maximum atomic E-state index is 12.4. The Morgan fingerprint density at radius 3 is 2.64 bits per heavy atom. The van der Waals surface area contributed by atoms with Crippen molar-refractivity contribution in [3.05, 3.63) is 65.7 Å². The molecule has 5 heteroatoms. The number of hydrogen-bond donors (Lipinski definition) is 2. The first-order valence-electron chi connectivity index (χ1n) is 6.97. The molecule has 0 aliphatic rings. The second-order valence-corrected chi connectivity index (χ2v) is 5.09. The third-order valence-electron chi connectivity index (χ3n) is 3.62. The molecule has 0 spiro atoms. The summed E-state index contributed by atoms with van der Waals surface area (Å²) >= 11 is 0. The van der Waals surface area contributed by atoms with Crippen molar-refractivity contribution < 1.29 is 4.79 Å². The molecule has 0 radical (unpaired) electrons. The van der Waals surface area contributed by atoms with Crippen LogP contribution in [0.25, 0.3) is 10.8 Å². The van der Waals surface area contributed by atoms with E-state index in [9.17, 15) is 4.79 Å². The predicted octanol–water partition coefficient (Wildman–Crippen LogP) is 2.45. The fourth-order valence-electron chi connectivity index (χ4n) is 2.33. The molecule has 2 heterocycles. The third-order valence-corrected chi connectivity index (χ3v) is 3.62. The summed E-state index contributed by atoms with van der Waals surface area (Å²) in [6, 6.07) is 9.34. The zero-order valence-electron chi connectivity index (χ0n) is 12.2. The molecule has 3 N–H and O–H groups in total. The Balaban J connectivity index is 1.90. The highest BCUT2D eigenvalue weighted by molar-refractivity contribution is 6.08. The Morgan fingerprint density at radius 1 is 1.09 bits per heavy atom. The zero-order valence-corrected chi connectivity index (χ0v) is 12.2. The van der Waals surface area contributed by atoms with Crippen molar-refractivity contribution >= 4 is 22.4 Å². The van der Waals surface area contributed by atoms with Gasteiger partial charge in [-0.25, -0.2) is 0 Å². The molecule has 1 aromatic carbocycles. The summed E-state index contributed by atoms with van der Waals surface area (Å²) in [7, 11) is 0. The molecule has 22 heavy (non-hydrogen) atoms. The fraction of sp³-hybridized carbons (Fsp3) is 0.118. The average Bonchev–Trinajstić information content (AvgIpc) is 2.56. The zero-order chi connectivity index (χ0) is 15.5. The van der Waals surface area contributed by atoms with E-state index in [4.69, 9.17) is 5.73 Å². The number of aromatic nitrogens is 2. The molecule has 0 saturated heterocycles. The SMILES string of the molecule is Cc1ccc2c(C(=O)NCc3ccncc3)nccc2c1N. The second-order valence-electron chi connectivity index (χ2n) is 5.09. The molecule has 110 valence electrons. The molecule has 0 aliphatic carbocycles. The van der Waals surface area contributed by atoms with Gasteiger partial charge in [0.25, 0.3) is 5.91 Å². The van der Waals surface area contributed by atoms with Gasteiger partial charge in [0, 0.05) is 41.6 Å². The first-order chi connectivity index (χ1) is 10.7. The van der Waals surface area contributed by atoms with E-state index < -0.39 is 0 Å².